The van der Waals surface area contributed by atoms with Crippen LogP contribution in [0.3, 0.4) is 0 Å². The first-order valence-corrected chi connectivity index (χ1v) is 8.11. The van der Waals surface area contributed by atoms with Crippen LogP contribution >= 0.6 is 0 Å². The van der Waals surface area contributed by atoms with Gasteiger partial charge in [-0.15, -0.1) is 0 Å². The van der Waals surface area contributed by atoms with Crippen molar-refractivity contribution in [3.05, 3.63) is 18.0 Å². The highest BCUT2D eigenvalue weighted by Crippen LogP contribution is 2.49. The molecule has 1 aromatic rings. The number of carboxylic acids is 1. The van der Waals surface area contributed by atoms with E-state index in [9.17, 15) is 9.00 Å². The van der Waals surface area contributed by atoms with Gasteiger partial charge in [0.25, 0.3) is 0 Å². The highest BCUT2D eigenvalue weighted by molar-refractivity contribution is 7.84. The lowest BCUT2D eigenvalue weighted by Crippen LogP contribution is -2.18. The van der Waals surface area contributed by atoms with Gasteiger partial charge >= 0.3 is 5.97 Å². The lowest BCUT2D eigenvalue weighted by Gasteiger charge is -2.14. The molecule has 0 saturated heterocycles. The van der Waals surface area contributed by atoms with Crippen LogP contribution in [0.5, 0.6) is 11.5 Å². The smallest absolute Gasteiger partial charge is 0.303 e. The van der Waals surface area contributed by atoms with Gasteiger partial charge in [-0.05, 0) is 18.3 Å². The Morgan fingerprint density at radius 3 is 2.67 bits per heavy atom. The third kappa shape index (κ3) is 3.93. The van der Waals surface area contributed by atoms with E-state index in [1.165, 1.54) is 14.2 Å². The van der Waals surface area contributed by atoms with Crippen LogP contribution in [0.4, 0.5) is 0 Å². The maximum absolute atomic E-state index is 12.3. The minimum Gasteiger partial charge on any atom is -0.493 e. The molecule has 0 bridgehead atoms. The van der Waals surface area contributed by atoms with Crippen molar-refractivity contribution in [1.82, 2.24) is 4.98 Å². The highest BCUT2D eigenvalue weighted by Gasteiger charge is 2.45. The summed E-state index contributed by atoms with van der Waals surface area (Å²) in [6.45, 7) is 0. The molecular formula is C14H19NO5S. The monoisotopic (exact) mass is 313 g/mol. The van der Waals surface area contributed by atoms with Crippen molar-refractivity contribution in [1.29, 1.82) is 0 Å². The van der Waals surface area contributed by atoms with Crippen molar-refractivity contribution in [2.45, 2.75) is 25.0 Å². The molecule has 1 fully saturated rings. The molecule has 0 aromatic carbocycles. The highest BCUT2D eigenvalue weighted by atomic mass is 32.2. The first-order valence-electron chi connectivity index (χ1n) is 6.62. The standard InChI is InChI=1S/C14H19NO5S/c1-19-11-3-6-15-10(13(11)20-2)8-21(18)9-14(4-5-14)7-12(16)17/h3,6H,4-5,7-9H2,1-2H3,(H,16,17). The second-order valence-electron chi connectivity index (χ2n) is 5.29. The molecule has 1 saturated carbocycles. The van der Waals surface area contributed by atoms with Crippen LogP contribution in [0.2, 0.25) is 0 Å². The lowest BCUT2D eigenvalue weighted by molar-refractivity contribution is -0.138. The summed E-state index contributed by atoms with van der Waals surface area (Å²) in [4.78, 5) is 15.0. The zero-order valence-corrected chi connectivity index (χ0v) is 12.9. The zero-order valence-electron chi connectivity index (χ0n) is 12.1. The van der Waals surface area contributed by atoms with Gasteiger partial charge in [-0.1, -0.05) is 0 Å². The summed E-state index contributed by atoms with van der Waals surface area (Å²) in [6, 6.07) is 1.68. The predicted octanol–water partition coefficient (Wildman–Crippen LogP) is 1.60. The Hall–Kier alpha value is -1.63. The molecular weight excluding hydrogens is 294 g/mol. The number of carbonyl (C=O) groups is 1. The quantitative estimate of drug-likeness (QED) is 0.784. The van der Waals surface area contributed by atoms with Crippen LogP contribution in [-0.2, 0) is 21.3 Å². The molecule has 1 aromatic heterocycles. The molecule has 0 aliphatic heterocycles. The maximum atomic E-state index is 12.3. The van der Waals surface area contributed by atoms with E-state index in [0.717, 1.165) is 12.8 Å². The average molecular weight is 313 g/mol. The topological polar surface area (TPSA) is 85.7 Å². The molecule has 1 atom stereocenters. The predicted molar refractivity (Wildman–Crippen MR) is 78.0 cm³/mol. The van der Waals surface area contributed by atoms with Crippen molar-refractivity contribution in [2.24, 2.45) is 5.41 Å². The SMILES string of the molecule is COc1ccnc(CS(=O)CC2(CC(=O)O)CC2)c1OC. The van der Waals surface area contributed by atoms with E-state index in [-0.39, 0.29) is 17.6 Å². The minimum atomic E-state index is -1.18. The Morgan fingerprint density at radius 1 is 1.43 bits per heavy atom. The zero-order chi connectivity index (χ0) is 15.5. The summed E-state index contributed by atoms with van der Waals surface area (Å²) in [5, 5.41) is 8.89. The maximum Gasteiger partial charge on any atom is 0.303 e. The second-order valence-corrected chi connectivity index (χ2v) is 6.75. The van der Waals surface area contributed by atoms with Crippen LogP contribution in [0.15, 0.2) is 12.3 Å². The molecule has 1 heterocycles. The number of pyridine rings is 1. The number of nitrogens with zero attached hydrogens (tertiary/aromatic N) is 1. The summed E-state index contributed by atoms with van der Waals surface area (Å²) >= 11 is 0. The van der Waals surface area contributed by atoms with Crippen LogP contribution in [0.1, 0.15) is 25.0 Å². The summed E-state index contributed by atoms with van der Waals surface area (Å²) in [7, 11) is 1.87. The van der Waals surface area contributed by atoms with E-state index < -0.39 is 16.8 Å². The number of carboxylic acid groups (broad SMARTS) is 1. The Bertz CT molecular complexity index is 556. The molecule has 0 spiro atoms. The van der Waals surface area contributed by atoms with Gasteiger partial charge in [0.15, 0.2) is 11.5 Å². The van der Waals surface area contributed by atoms with Gasteiger partial charge in [0.2, 0.25) is 0 Å². The Balaban J connectivity index is 2.05. The van der Waals surface area contributed by atoms with Gasteiger partial charge in [-0.25, -0.2) is 0 Å². The normalized spacial score (nSPS) is 17.0. The van der Waals surface area contributed by atoms with E-state index in [1.807, 2.05) is 0 Å². The fourth-order valence-electron chi connectivity index (χ4n) is 2.37. The van der Waals surface area contributed by atoms with Gasteiger partial charge in [-0.3, -0.25) is 14.0 Å². The fourth-order valence-corrected chi connectivity index (χ4v) is 4.05. The summed E-state index contributed by atoms with van der Waals surface area (Å²) < 4.78 is 22.7. The third-order valence-electron chi connectivity index (χ3n) is 3.61. The molecule has 1 unspecified atom stereocenters. The molecule has 6 nitrogen and oxygen atoms in total. The second kappa shape index (κ2) is 6.43. The molecule has 0 radical (unpaired) electrons. The van der Waals surface area contributed by atoms with Gasteiger partial charge in [0.05, 0.1) is 32.1 Å². The Morgan fingerprint density at radius 2 is 2.14 bits per heavy atom. The average Bonchev–Trinajstić information content (AvgIpc) is 3.16. The van der Waals surface area contributed by atoms with Crippen molar-refractivity contribution in [3.63, 3.8) is 0 Å². The first kappa shape index (κ1) is 15.8. The van der Waals surface area contributed by atoms with E-state index >= 15 is 0 Å². The van der Waals surface area contributed by atoms with Crippen molar-refractivity contribution in [3.8, 4) is 11.5 Å². The van der Waals surface area contributed by atoms with Crippen LogP contribution in [0.25, 0.3) is 0 Å². The largest absolute Gasteiger partial charge is 0.493 e. The van der Waals surface area contributed by atoms with Crippen LogP contribution < -0.4 is 9.47 Å². The van der Waals surface area contributed by atoms with Gasteiger partial charge in [0, 0.05) is 28.8 Å². The van der Waals surface area contributed by atoms with E-state index in [1.54, 1.807) is 12.3 Å². The Kier molecular flexibility index (Phi) is 4.82. The lowest BCUT2D eigenvalue weighted by atomic mass is 10.1. The number of ether oxygens (including phenoxy) is 2. The van der Waals surface area contributed by atoms with Gasteiger partial charge < -0.3 is 14.6 Å². The number of hydrogen-bond donors (Lipinski definition) is 1. The molecule has 1 aliphatic carbocycles. The molecule has 2 rings (SSSR count). The van der Waals surface area contributed by atoms with Crippen LogP contribution in [0, 0.1) is 5.41 Å². The van der Waals surface area contributed by atoms with Crippen LogP contribution in [-0.4, -0.2) is 40.2 Å². The summed E-state index contributed by atoms with van der Waals surface area (Å²) in [5.41, 5.74) is 0.282. The fraction of sp³-hybridized carbons (Fsp3) is 0.571. The number of aromatic nitrogens is 1. The van der Waals surface area contributed by atoms with Crippen molar-refractivity contribution in [2.75, 3.05) is 20.0 Å². The molecule has 0 amide bonds. The molecule has 1 aliphatic rings. The number of methoxy groups -OCH3 is 2. The number of hydrogen-bond acceptors (Lipinski definition) is 5. The first-order chi connectivity index (χ1) is 9.99. The number of rotatable bonds is 8. The van der Waals surface area contributed by atoms with E-state index in [4.69, 9.17) is 14.6 Å². The van der Waals surface area contributed by atoms with Gasteiger partial charge in [0.1, 0.15) is 0 Å². The molecule has 21 heavy (non-hydrogen) atoms. The van der Waals surface area contributed by atoms with Gasteiger partial charge in [-0.2, -0.15) is 0 Å². The van der Waals surface area contributed by atoms with Crippen molar-refractivity contribution >= 4 is 16.8 Å². The molecule has 7 heteroatoms. The Labute approximate surface area is 125 Å². The number of aliphatic carboxylic acids is 1. The summed E-state index contributed by atoms with van der Waals surface area (Å²) in [6.07, 6.45) is 3.32. The van der Waals surface area contributed by atoms with Crippen molar-refractivity contribution < 1.29 is 23.6 Å². The molecule has 1 N–H and O–H groups in total. The summed E-state index contributed by atoms with van der Waals surface area (Å²) in [5.74, 6) is 0.826. The minimum absolute atomic E-state index is 0.0847. The third-order valence-corrected chi connectivity index (χ3v) is 5.14. The van der Waals surface area contributed by atoms with E-state index in [2.05, 4.69) is 4.98 Å². The molecule has 116 valence electrons. The van der Waals surface area contributed by atoms with E-state index in [0.29, 0.717) is 22.9 Å².